The number of hydrogen-bond donors (Lipinski definition) is 0. The number of nitrogens with zero attached hydrogens (tertiary/aromatic N) is 2. The Morgan fingerprint density at radius 3 is 2.16 bits per heavy atom. The van der Waals surface area contributed by atoms with Crippen LogP contribution in [-0.2, 0) is 11.3 Å². The minimum Gasteiger partial charge on any atom is -0.343 e. The summed E-state index contributed by atoms with van der Waals surface area (Å²) in [6, 6.07) is 10.4. The fourth-order valence-corrected chi connectivity index (χ4v) is 2.18. The Kier molecular flexibility index (Phi) is 7.19. The lowest BCUT2D eigenvalue weighted by Gasteiger charge is -2.23. The molecular formula is C16H26N2O. The molecule has 0 aliphatic heterocycles. The van der Waals surface area contributed by atoms with E-state index in [1.807, 2.05) is 24.8 Å². The van der Waals surface area contributed by atoms with Crippen molar-refractivity contribution in [1.29, 1.82) is 0 Å². The SMILES string of the molecule is CCN(CCC(=O)N(CC)CC)Cc1ccccc1. The zero-order chi connectivity index (χ0) is 14.1. The molecule has 0 aromatic heterocycles. The molecule has 1 rings (SSSR count). The Labute approximate surface area is 117 Å². The fraction of sp³-hybridized carbons (Fsp3) is 0.562. The summed E-state index contributed by atoms with van der Waals surface area (Å²) in [6.45, 7) is 10.5. The van der Waals surface area contributed by atoms with Crippen LogP contribution in [0.2, 0.25) is 0 Å². The lowest BCUT2D eigenvalue weighted by molar-refractivity contribution is -0.131. The van der Waals surface area contributed by atoms with E-state index in [0.29, 0.717) is 6.42 Å². The van der Waals surface area contributed by atoms with Gasteiger partial charge in [0, 0.05) is 32.6 Å². The summed E-state index contributed by atoms with van der Waals surface area (Å²) in [4.78, 5) is 16.2. The van der Waals surface area contributed by atoms with Gasteiger partial charge in [-0.05, 0) is 26.0 Å². The van der Waals surface area contributed by atoms with Crippen molar-refractivity contribution in [2.24, 2.45) is 0 Å². The van der Waals surface area contributed by atoms with Crippen LogP contribution in [0.3, 0.4) is 0 Å². The first kappa shape index (κ1) is 15.7. The van der Waals surface area contributed by atoms with Gasteiger partial charge in [-0.1, -0.05) is 37.3 Å². The number of rotatable bonds is 8. The molecule has 0 aliphatic carbocycles. The first-order chi connectivity index (χ1) is 9.21. The van der Waals surface area contributed by atoms with Crippen LogP contribution in [0, 0.1) is 0 Å². The predicted octanol–water partition coefficient (Wildman–Crippen LogP) is 2.77. The molecule has 0 heterocycles. The van der Waals surface area contributed by atoms with Crippen LogP contribution in [0.1, 0.15) is 32.8 Å². The maximum atomic E-state index is 12.0. The smallest absolute Gasteiger partial charge is 0.223 e. The van der Waals surface area contributed by atoms with Gasteiger partial charge in [-0.25, -0.2) is 0 Å². The first-order valence-corrected chi connectivity index (χ1v) is 7.25. The Morgan fingerprint density at radius 1 is 1.00 bits per heavy atom. The van der Waals surface area contributed by atoms with Gasteiger partial charge in [0.05, 0.1) is 0 Å². The van der Waals surface area contributed by atoms with Gasteiger partial charge in [-0.15, -0.1) is 0 Å². The minimum atomic E-state index is 0.261. The molecule has 3 heteroatoms. The fourth-order valence-electron chi connectivity index (χ4n) is 2.18. The molecule has 3 nitrogen and oxygen atoms in total. The van der Waals surface area contributed by atoms with E-state index in [1.54, 1.807) is 0 Å². The third kappa shape index (κ3) is 5.43. The monoisotopic (exact) mass is 262 g/mol. The third-order valence-electron chi connectivity index (χ3n) is 3.45. The number of carbonyl (C=O) groups is 1. The van der Waals surface area contributed by atoms with Crippen LogP contribution in [0.15, 0.2) is 30.3 Å². The molecule has 0 N–H and O–H groups in total. The van der Waals surface area contributed by atoms with Crippen molar-refractivity contribution < 1.29 is 4.79 Å². The summed E-state index contributed by atoms with van der Waals surface area (Å²) >= 11 is 0. The number of carbonyl (C=O) groups excluding carboxylic acids is 1. The van der Waals surface area contributed by atoms with E-state index in [1.165, 1.54) is 5.56 Å². The quantitative estimate of drug-likeness (QED) is 0.719. The molecule has 0 aliphatic rings. The van der Waals surface area contributed by atoms with E-state index >= 15 is 0 Å². The van der Waals surface area contributed by atoms with Crippen molar-refractivity contribution in [3.05, 3.63) is 35.9 Å². The molecule has 0 saturated carbocycles. The average Bonchev–Trinajstić information content (AvgIpc) is 2.45. The second-order valence-corrected chi connectivity index (χ2v) is 4.67. The zero-order valence-corrected chi connectivity index (χ0v) is 12.4. The molecule has 106 valence electrons. The van der Waals surface area contributed by atoms with Crippen molar-refractivity contribution in [2.75, 3.05) is 26.2 Å². The highest BCUT2D eigenvalue weighted by atomic mass is 16.2. The Hall–Kier alpha value is -1.35. The number of amides is 1. The van der Waals surface area contributed by atoms with E-state index in [0.717, 1.165) is 32.7 Å². The van der Waals surface area contributed by atoms with E-state index in [9.17, 15) is 4.79 Å². The molecule has 0 radical (unpaired) electrons. The Morgan fingerprint density at radius 2 is 1.63 bits per heavy atom. The van der Waals surface area contributed by atoms with Gasteiger partial charge in [0.15, 0.2) is 0 Å². The molecule has 0 unspecified atom stereocenters. The van der Waals surface area contributed by atoms with Crippen molar-refractivity contribution in [2.45, 2.75) is 33.7 Å². The number of hydrogen-bond acceptors (Lipinski definition) is 2. The molecule has 0 atom stereocenters. The topological polar surface area (TPSA) is 23.6 Å². The van der Waals surface area contributed by atoms with Gasteiger partial charge in [-0.3, -0.25) is 9.69 Å². The summed E-state index contributed by atoms with van der Waals surface area (Å²) in [5.74, 6) is 0.261. The van der Waals surface area contributed by atoms with E-state index in [-0.39, 0.29) is 5.91 Å². The lowest BCUT2D eigenvalue weighted by atomic mass is 10.2. The summed E-state index contributed by atoms with van der Waals surface area (Å²) in [5, 5.41) is 0. The predicted molar refractivity (Wildman–Crippen MR) is 79.9 cm³/mol. The van der Waals surface area contributed by atoms with Crippen LogP contribution in [0.25, 0.3) is 0 Å². The van der Waals surface area contributed by atoms with E-state index in [4.69, 9.17) is 0 Å². The van der Waals surface area contributed by atoms with Crippen molar-refractivity contribution in [3.63, 3.8) is 0 Å². The molecule has 19 heavy (non-hydrogen) atoms. The highest BCUT2D eigenvalue weighted by Crippen LogP contribution is 2.05. The van der Waals surface area contributed by atoms with Crippen molar-refractivity contribution >= 4 is 5.91 Å². The van der Waals surface area contributed by atoms with Crippen molar-refractivity contribution in [3.8, 4) is 0 Å². The minimum absolute atomic E-state index is 0.261. The highest BCUT2D eigenvalue weighted by Gasteiger charge is 2.11. The average molecular weight is 262 g/mol. The molecule has 1 aromatic rings. The summed E-state index contributed by atoms with van der Waals surface area (Å²) < 4.78 is 0. The van der Waals surface area contributed by atoms with E-state index < -0.39 is 0 Å². The van der Waals surface area contributed by atoms with Crippen molar-refractivity contribution in [1.82, 2.24) is 9.80 Å². The molecule has 0 spiro atoms. The molecule has 0 fully saturated rings. The van der Waals surface area contributed by atoms with Gasteiger partial charge in [0.1, 0.15) is 0 Å². The summed E-state index contributed by atoms with van der Waals surface area (Å²) in [5.41, 5.74) is 1.31. The standard InChI is InChI=1S/C16H26N2O/c1-4-17(14-15-10-8-7-9-11-15)13-12-16(19)18(5-2)6-3/h7-11H,4-6,12-14H2,1-3H3. The lowest BCUT2D eigenvalue weighted by Crippen LogP contribution is -2.34. The zero-order valence-electron chi connectivity index (χ0n) is 12.4. The maximum Gasteiger partial charge on any atom is 0.223 e. The Balaban J connectivity index is 2.43. The molecular weight excluding hydrogens is 236 g/mol. The maximum absolute atomic E-state index is 12.0. The van der Waals surface area contributed by atoms with E-state index in [2.05, 4.69) is 36.1 Å². The highest BCUT2D eigenvalue weighted by molar-refractivity contribution is 5.76. The third-order valence-corrected chi connectivity index (χ3v) is 3.45. The molecule has 0 bridgehead atoms. The van der Waals surface area contributed by atoms with Gasteiger partial charge in [-0.2, -0.15) is 0 Å². The number of benzene rings is 1. The summed E-state index contributed by atoms with van der Waals surface area (Å²) in [6.07, 6.45) is 0.613. The molecule has 0 saturated heterocycles. The Bertz CT molecular complexity index is 360. The largest absolute Gasteiger partial charge is 0.343 e. The molecule has 1 amide bonds. The second-order valence-electron chi connectivity index (χ2n) is 4.67. The van der Waals surface area contributed by atoms with Crippen LogP contribution in [0.4, 0.5) is 0 Å². The van der Waals surface area contributed by atoms with Crippen LogP contribution in [0.5, 0.6) is 0 Å². The van der Waals surface area contributed by atoms with Crippen LogP contribution in [-0.4, -0.2) is 41.9 Å². The molecule has 1 aromatic carbocycles. The van der Waals surface area contributed by atoms with Crippen LogP contribution < -0.4 is 0 Å². The van der Waals surface area contributed by atoms with Gasteiger partial charge in [0.2, 0.25) is 5.91 Å². The van der Waals surface area contributed by atoms with Crippen LogP contribution >= 0.6 is 0 Å². The van der Waals surface area contributed by atoms with Gasteiger partial charge >= 0.3 is 0 Å². The van der Waals surface area contributed by atoms with Gasteiger partial charge in [0.25, 0.3) is 0 Å². The second kappa shape index (κ2) is 8.70. The van der Waals surface area contributed by atoms with Gasteiger partial charge < -0.3 is 4.90 Å². The first-order valence-electron chi connectivity index (χ1n) is 7.25. The normalized spacial score (nSPS) is 10.7. The summed E-state index contributed by atoms with van der Waals surface area (Å²) in [7, 11) is 0.